The second-order valence-corrected chi connectivity index (χ2v) is 6.73. The van der Waals surface area contributed by atoms with E-state index in [9.17, 15) is 19.8 Å². The highest BCUT2D eigenvalue weighted by Crippen LogP contribution is 2.33. The van der Waals surface area contributed by atoms with Gasteiger partial charge in [0, 0.05) is 0 Å². The Labute approximate surface area is 141 Å². The number of carboxylic acids is 2. The average Bonchev–Trinajstić information content (AvgIpc) is 2.51. The first-order valence-electron chi connectivity index (χ1n) is 9.48. The van der Waals surface area contributed by atoms with Crippen LogP contribution in [0.15, 0.2) is 0 Å². The molecule has 0 spiro atoms. The van der Waals surface area contributed by atoms with E-state index >= 15 is 0 Å². The van der Waals surface area contributed by atoms with Crippen molar-refractivity contribution in [2.45, 2.75) is 104 Å². The summed E-state index contributed by atoms with van der Waals surface area (Å²) in [4.78, 5) is 23.2. The van der Waals surface area contributed by atoms with Crippen LogP contribution in [-0.4, -0.2) is 22.2 Å². The Balaban J connectivity index is 4.28. The summed E-state index contributed by atoms with van der Waals surface area (Å²) >= 11 is 0. The topological polar surface area (TPSA) is 74.6 Å². The summed E-state index contributed by atoms with van der Waals surface area (Å²) in [6.07, 6.45) is 13.0. The molecule has 23 heavy (non-hydrogen) atoms. The zero-order valence-electron chi connectivity index (χ0n) is 15.1. The molecule has 0 atom stereocenters. The maximum absolute atomic E-state index is 11.6. The van der Waals surface area contributed by atoms with E-state index < -0.39 is 17.4 Å². The van der Waals surface area contributed by atoms with Crippen molar-refractivity contribution in [3.05, 3.63) is 0 Å². The smallest absolute Gasteiger partial charge is 0.321 e. The molecule has 0 radical (unpaired) electrons. The lowest BCUT2D eigenvalue weighted by molar-refractivity contribution is -0.166. The molecule has 0 aromatic carbocycles. The van der Waals surface area contributed by atoms with Gasteiger partial charge in [-0.25, -0.2) is 0 Å². The highest BCUT2D eigenvalue weighted by Gasteiger charge is 2.45. The lowest BCUT2D eigenvalue weighted by Crippen LogP contribution is -2.39. The first-order valence-corrected chi connectivity index (χ1v) is 9.48. The Morgan fingerprint density at radius 2 is 0.913 bits per heavy atom. The number of carbonyl (C=O) groups is 2. The van der Waals surface area contributed by atoms with Crippen LogP contribution in [0.4, 0.5) is 0 Å². The lowest BCUT2D eigenvalue weighted by atomic mass is 9.78. The molecular weight excluding hydrogens is 292 g/mol. The van der Waals surface area contributed by atoms with Crippen molar-refractivity contribution in [3.63, 3.8) is 0 Å². The minimum Gasteiger partial charge on any atom is -0.480 e. The number of carboxylic acid groups (broad SMARTS) is 2. The zero-order chi connectivity index (χ0) is 17.6. The third kappa shape index (κ3) is 8.97. The van der Waals surface area contributed by atoms with Crippen LogP contribution >= 0.6 is 0 Å². The Morgan fingerprint density at radius 1 is 0.609 bits per heavy atom. The maximum Gasteiger partial charge on any atom is 0.321 e. The highest BCUT2D eigenvalue weighted by molar-refractivity contribution is 5.98. The molecular formula is C19H36O4. The quantitative estimate of drug-likeness (QED) is 0.284. The molecule has 4 nitrogen and oxygen atoms in total. The Morgan fingerprint density at radius 3 is 1.22 bits per heavy atom. The van der Waals surface area contributed by atoms with Crippen LogP contribution < -0.4 is 0 Å². The molecule has 0 bridgehead atoms. The second-order valence-electron chi connectivity index (χ2n) is 6.73. The van der Waals surface area contributed by atoms with Crippen LogP contribution in [0.2, 0.25) is 0 Å². The van der Waals surface area contributed by atoms with Gasteiger partial charge in [0.05, 0.1) is 0 Å². The first-order chi connectivity index (χ1) is 11.0. The molecule has 0 aliphatic carbocycles. The summed E-state index contributed by atoms with van der Waals surface area (Å²) in [6, 6.07) is 0. The average molecular weight is 328 g/mol. The van der Waals surface area contributed by atoms with Gasteiger partial charge >= 0.3 is 11.9 Å². The Hall–Kier alpha value is -1.06. The molecule has 0 aliphatic rings. The van der Waals surface area contributed by atoms with E-state index in [1.807, 2.05) is 0 Å². The van der Waals surface area contributed by atoms with Gasteiger partial charge in [-0.15, -0.1) is 0 Å². The minimum atomic E-state index is -1.57. The van der Waals surface area contributed by atoms with Crippen molar-refractivity contribution < 1.29 is 19.8 Å². The molecule has 4 heteroatoms. The fourth-order valence-electron chi connectivity index (χ4n) is 3.06. The monoisotopic (exact) mass is 328 g/mol. The van der Waals surface area contributed by atoms with E-state index in [2.05, 4.69) is 13.8 Å². The molecule has 0 fully saturated rings. The highest BCUT2D eigenvalue weighted by atomic mass is 16.4. The molecule has 0 rings (SSSR count). The van der Waals surface area contributed by atoms with Crippen molar-refractivity contribution in [1.82, 2.24) is 0 Å². The number of unbranched alkanes of at least 4 members (excludes halogenated alkanes) is 10. The molecule has 2 N–H and O–H groups in total. The molecule has 0 aromatic rings. The van der Waals surface area contributed by atoms with Crippen LogP contribution in [0.1, 0.15) is 104 Å². The van der Waals surface area contributed by atoms with Gasteiger partial charge in [0.1, 0.15) is 0 Å². The standard InChI is InChI=1S/C19H36O4/c1-3-5-7-9-10-12-14-16-19(17(20)21,18(22)23)15-13-11-8-6-4-2/h3-16H2,1-2H3,(H,20,21)(H,22,23). The maximum atomic E-state index is 11.6. The van der Waals surface area contributed by atoms with E-state index in [0.29, 0.717) is 12.8 Å². The largest absolute Gasteiger partial charge is 0.480 e. The predicted molar refractivity (Wildman–Crippen MR) is 93.7 cm³/mol. The summed E-state index contributed by atoms with van der Waals surface area (Å²) in [7, 11) is 0. The zero-order valence-corrected chi connectivity index (χ0v) is 15.1. The van der Waals surface area contributed by atoms with E-state index in [4.69, 9.17) is 0 Å². The van der Waals surface area contributed by atoms with Crippen molar-refractivity contribution in [1.29, 1.82) is 0 Å². The van der Waals surface area contributed by atoms with Crippen LogP contribution in [0.25, 0.3) is 0 Å². The van der Waals surface area contributed by atoms with E-state index in [1.165, 1.54) is 19.3 Å². The number of aliphatic carboxylic acids is 2. The third-order valence-corrected chi connectivity index (χ3v) is 4.73. The molecule has 136 valence electrons. The third-order valence-electron chi connectivity index (χ3n) is 4.73. The van der Waals surface area contributed by atoms with Crippen LogP contribution in [0.3, 0.4) is 0 Å². The van der Waals surface area contributed by atoms with Crippen LogP contribution in [0.5, 0.6) is 0 Å². The van der Waals surface area contributed by atoms with Gasteiger partial charge in [-0.05, 0) is 12.8 Å². The molecule has 0 unspecified atom stereocenters. The second kappa shape index (κ2) is 13.4. The summed E-state index contributed by atoms with van der Waals surface area (Å²) in [6.45, 7) is 4.30. The molecule has 0 amide bonds. The van der Waals surface area contributed by atoms with Gasteiger partial charge in [-0.1, -0.05) is 90.9 Å². The Bertz CT molecular complexity index is 311. The van der Waals surface area contributed by atoms with Gasteiger partial charge in [-0.3, -0.25) is 9.59 Å². The summed E-state index contributed by atoms with van der Waals surface area (Å²) in [5, 5.41) is 19.0. The van der Waals surface area contributed by atoms with Crippen molar-refractivity contribution >= 4 is 11.9 Å². The lowest BCUT2D eigenvalue weighted by Gasteiger charge is -2.25. The molecule has 0 saturated heterocycles. The van der Waals surface area contributed by atoms with Crippen LogP contribution in [0, 0.1) is 5.41 Å². The van der Waals surface area contributed by atoms with E-state index in [0.717, 1.165) is 44.9 Å². The van der Waals surface area contributed by atoms with Crippen LogP contribution in [-0.2, 0) is 9.59 Å². The van der Waals surface area contributed by atoms with Gasteiger partial charge < -0.3 is 10.2 Å². The fourth-order valence-corrected chi connectivity index (χ4v) is 3.06. The van der Waals surface area contributed by atoms with E-state index in [1.54, 1.807) is 0 Å². The molecule has 0 aromatic heterocycles. The SMILES string of the molecule is CCCCCCCCCC(CCCCCCC)(C(=O)O)C(=O)O. The van der Waals surface area contributed by atoms with Crippen molar-refractivity contribution in [3.8, 4) is 0 Å². The van der Waals surface area contributed by atoms with Gasteiger partial charge in [-0.2, -0.15) is 0 Å². The van der Waals surface area contributed by atoms with Crippen molar-refractivity contribution in [2.24, 2.45) is 5.41 Å². The van der Waals surface area contributed by atoms with Gasteiger partial charge in [0.25, 0.3) is 0 Å². The van der Waals surface area contributed by atoms with E-state index in [-0.39, 0.29) is 12.8 Å². The fraction of sp³-hybridized carbons (Fsp3) is 0.895. The van der Waals surface area contributed by atoms with Gasteiger partial charge in [0.15, 0.2) is 5.41 Å². The summed E-state index contributed by atoms with van der Waals surface area (Å²) < 4.78 is 0. The predicted octanol–water partition coefficient (Wildman–Crippen LogP) is 5.64. The minimum absolute atomic E-state index is 0.261. The molecule has 0 heterocycles. The van der Waals surface area contributed by atoms with Gasteiger partial charge in [0.2, 0.25) is 0 Å². The normalized spacial score (nSPS) is 11.6. The summed E-state index contributed by atoms with van der Waals surface area (Å²) in [5.41, 5.74) is -1.57. The van der Waals surface area contributed by atoms with Crippen molar-refractivity contribution in [2.75, 3.05) is 0 Å². The number of hydrogen-bond acceptors (Lipinski definition) is 2. The molecule has 0 aliphatic heterocycles. The Kier molecular flexibility index (Phi) is 12.8. The number of rotatable bonds is 16. The summed E-state index contributed by atoms with van der Waals surface area (Å²) in [5.74, 6) is -2.32. The number of hydrogen-bond donors (Lipinski definition) is 2. The first kappa shape index (κ1) is 21.9. The molecule has 0 saturated carbocycles.